The largest absolute Gasteiger partial charge is 0.326 e. The topological polar surface area (TPSA) is 75.3 Å². The quantitative estimate of drug-likeness (QED) is 0.607. The second kappa shape index (κ2) is 8.48. The molecule has 2 aromatic rings. The molecule has 0 saturated heterocycles. The van der Waals surface area contributed by atoms with Gasteiger partial charge in [-0.3, -0.25) is 14.4 Å². The number of rotatable bonds is 6. The molecule has 2 rings (SSSR count). The summed E-state index contributed by atoms with van der Waals surface area (Å²) in [4.78, 5) is 35.5. The van der Waals surface area contributed by atoms with Gasteiger partial charge in [0, 0.05) is 28.8 Å². The number of carbonyl (C=O) groups excluding carboxylic acids is 3. The van der Waals surface area contributed by atoms with E-state index in [9.17, 15) is 14.4 Å². The van der Waals surface area contributed by atoms with Gasteiger partial charge >= 0.3 is 0 Å². The van der Waals surface area contributed by atoms with Crippen LogP contribution in [0.15, 0.2) is 53.4 Å². The first-order chi connectivity index (χ1) is 11.8. The number of Topliss-reactive ketones (excluding diaryl/α,β-unsaturated/α-hetero) is 1. The van der Waals surface area contributed by atoms with E-state index < -0.39 is 0 Å². The summed E-state index contributed by atoms with van der Waals surface area (Å²) in [5.74, 6) is -0.250. The Bertz CT molecular complexity index is 770. The van der Waals surface area contributed by atoms with Crippen LogP contribution < -0.4 is 10.6 Å². The van der Waals surface area contributed by atoms with E-state index in [2.05, 4.69) is 10.6 Å². The van der Waals surface area contributed by atoms with Crippen LogP contribution in [0.2, 0.25) is 0 Å². The van der Waals surface area contributed by atoms with Crippen LogP contribution in [-0.4, -0.2) is 22.8 Å². The van der Waals surface area contributed by atoms with E-state index in [1.807, 2.05) is 19.1 Å². The molecule has 0 saturated carbocycles. The van der Waals surface area contributed by atoms with Gasteiger partial charge in [-0.2, -0.15) is 0 Å². The minimum atomic E-state index is -0.293. The summed E-state index contributed by atoms with van der Waals surface area (Å²) >= 11 is 1.43. The van der Waals surface area contributed by atoms with Crippen molar-refractivity contribution < 1.29 is 14.4 Å². The van der Waals surface area contributed by atoms with Gasteiger partial charge in [-0.25, -0.2) is 0 Å². The zero-order valence-corrected chi connectivity index (χ0v) is 15.1. The van der Waals surface area contributed by atoms with Crippen LogP contribution in [0.3, 0.4) is 0 Å². The predicted molar refractivity (Wildman–Crippen MR) is 101 cm³/mol. The van der Waals surface area contributed by atoms with Crippen molar-refractivity contribution in [2.45, 2.75) is 30.9 Å². The van der Waals surface area contributed by atoms with Gasteiger partial charge in [0.1, 0.15) is 0 Å². The Balaban J connectivity index is 1.93. The smallest absolute Gasteiger partial charge is 0.237 e. The summed E-state index contributed by atoms with van der Waals surface area (Å²) in [6, 6.07) is 14.1. The van der Waals surface area contributed by atoms with Gasteiger partial charge in [0.15, 0.2) is 5.78 Å². The van der Waals surface area contributed by atoms with Crippen molar-refractivity contribution in [2.24, 2.45) is 0 Å². The third-order valence-electron chi connectivity index (χ3n) is 3.42. The number of benzene rings is 2. The first-order valence-electron chi connectivity index (χ1n) is 7.81. The molecule has 0 radical (unpaired) electrons. The van der Waals surface area contributed by atoms with Crippen LogP contribution in [0, 0.1) is 0 Å². The van der Waals surface area contributed by atoms with Gasteiger partial charge in [-0.05, 0) is 62.4 Å². The Morgan fingerprint density at radius 3 is 1.88 bits per heavy atom. The standard InChI is InChI=1S/C19H20N2O3S/c1-12(22)15-4-6-17(7-5-15)21-19(24)13(2)25-18-10-8-16(9-11-18)20-14(3)23/h4-11,13H,1-3H3,(H,20,23)(H,21,24). The molecular weight excluding hydrogens is 336 g/mol. The monoisotopic (exact) mass is 356 g/mol. The molecule has 0 aliphatic carbocycles. The van der Waals surface area contributed by atoms with Crippen molar-refractivity contribution in [2.75, 3.05) is 10.6 Å². The summed E-state index contributed by atoms with van der Waals surface area (Å²) in [6.07, 6.45) is 0. The highest BCUT2D eigenvalue weighted by Gasteiger charge is 2.14. The first kappa shape index (κ1) is 18.7. The molecule has 0 heterocycles. The second-order valence-corrected chi connectivity index (χ2v) is 7.00. The highest BCUT2D eigenvalue weighted by Crippen LogP contribution is 2.25. The maximum absolute atomic E-state index is 12.3. The number of anilines is 2. The zero-order valence-electron chi connectivity index (χ0n) is 14.3. The van der Waals surface area contributed by atoms with Crippen molar-refractivity contribution in [1.29, 1.82) is 0 Å². The molecule has 1 unspecified atom stereocenters. The van der Waals surface area contributed by atoms with Gasteiger partial charge in [0.2, 0.25) is 11.8 Å². The predicted octanol–water partition coefficient (Wildman–Crippen LogP) is 3.97. The van der Waals surface area contributed by atoms with Gasteiger partial charge in [-0.1, -0.05) is 0 Å². The fourth-order valence-corrected chi connectivity index (χ4v) is 2.98. The molecule has 0 fully saturated rings. The van der Waals surface area contributed by atoms with Crippen LogP contribution in [0.1, 0.15) is 31.1 Å². The summed E-state index contributed by atoms with van der Waals surface area (Å²) in [7, 11) is 0. The van der Waals surface area contributed by atoms with E-state index in [1.54, 1.807) is 36.4 Å². The number of carbonyl (C=O) groups is 3. The van der Waals surface area contributed by atoms with E-state index >= 15 is 0 Å². The SMILES string of the molecule is CC(=O)Nc1ccc(SC(C)C(=O)Nc2ccc(C(C)=O)cc2)cc1. The molecule has 130 valence electrons. The van der Waals surface area contributed by atoms with Crippen LogP contribution >= 0.6 is 11.8 Å². The zero-order chi connectivity index (χ0) is 18.4. The Morgan fingerprint density at radius 1 is 0.840 bits per heavy atom. The number of nitrogens with one attached hydrogen (secondary N) is 2. The molecule has 0 bridgehead atoms. The number of amides is 2. The molecular formula is C19H20N2O3S. The number of hydrogen-bond donors (Lipinski definition) is 2. The number of ketones is 1. The molecule has 2 aromatic carbocycles. The van der Waals surface area contributed by atoms with E-state index in [-0.39, 0.29) is 22.8 Å². The summed E-state index contributed by atoms with van der Waals surface area (Å²) in [6.45, 7) is 4.78. The summed E-state index contributed by atoms with van der Waals surface area (Å²) in [5, 5.41) is 5.25. The fourth-order valence-electron chi connectivity index (χ4n) is 2.11. The molecule has 0 spiro atoms. The maximum atomic E-state index is 12.3. The van der Waals surface area contributed by atoms with Crippen LogP contribution in [0.5, 0.6) is 0 Å². The lowest BCUT2D eigenvalue weighted by Gasteiger charge is -2.12. The molecule has 0 aromatic heterocycles. The fraction of sp³-hybridized carbons (Fsp3) is 0.211. The van der Waals surface area contributed by atoms with Gasteiger partial charge in [0.25, 0.3) is 0 Å². The summed E-state index contributed by atoms with van der Waals surface area (Å²) < 4.78 is 0. The van der Waals surface area contributed by atoms with Crippen molar-refractivity contribution >= 4 is 40.7 Å². The van der Waals surface area contributed by atoms with E-state index in [1.165, 1.54) is 25.6 Å². The normalized spacial score (nSPS) is 11.5. The highest BCUT2D eigenvalue weighted by molar-refractivity contribution is 8.00. The molecule has 2 N–H and O–H groups in total. The Labute approximate surface area is 151 Å². The van der Waals surface area contributed by atoms with Crippen LogP contribution in [0.4, 0.5) is 11.4 Å². The van der Waals surface area contributed by atoms with E-state index in [4.69, 9.17) is 0 Å². The molecule has 2 amide bonds. The van der Waals surface area contributed by atoms with Crippen molar-refractivity contribution in [1.82, 2.24) is 0 Å². The first-order valence-corrected chi connectivity index (χ1v) is 8.69. The van der Waals surface area contributed by atoms with Crippen LogP contribution in [0.25, 0.3) is 0 Å². The lowest BCUT2D eigenvalue weighted by atomic mass is 10.1. The summed E-state index contributed by atoms with van der Waals surface area (Å²) in [5.41, 5.74) is 1.99. The second-order valence-electron chi connectivity index (χ2n) is 5.59. The van der Waals surface area contributed by atoms with Crippen LogP contribution in [-0.2, 0) is 9.59 Å². The van der Waals surface area contributed by atoms with E-state index in [0.29, 0.717) is 11.3 Å². The van der Waals surface area contributed by atoms with Gasteiger partial charge in [0.05, 0.1) is 5.25 Å². The third-order valence-corrected chi connectivity index (χ3v) is 4.53. The van der Waals surface area contributed by atoms with Crippen molar-refractivity contribution in [3.05, 3.63) is 54.1 Å². The Kier molecular flexibility index (Phi) is 6.36. The Morgan fingerprint density at radius 2 is 1.36 bits per heavy atom. The number of hydrogen-bond acceptors (Lipinski definition) is 4. The van der Waals surface area contributed by atoms with E-state index in [0.717, 1.165) is 10.6 Å². The average molecular weight is 356 g/mol. The van der Waals surface area contributed by atoms with Gasteiger partial charge in [-0.15, -0.1) is 11.8 Å². The Hall–Kier alpha value is -2.60. The maximum Gasteiger partial charge on any atom is 0.237 e. The molecule has 5 nitrogen and oxygen atoms in total. The van der Waals surface area contributed by atoms with Crippen molar-refractivity contribution in [3.8, 4) is 0 Å². The lowest BCUT2D eigenvalue weighted by Crippen LogP contribution is -2.22. The minimum absolute atomic E-state index is 0.00971. The molecule has 25 heavy (non-hydrogen) atoms. The molecule has 0 aliphatic rings. The van der Waals surface area contributed by atoms with Crippen molar-refractivity contribution in [3.63, 3.8) is 0 Å². The highest BCUT2D eigenvalue weighted by atomic mass is 32.2. The van der Waals surface area contributed by atoms with Gasteiger partial charge < -0.3 is 10.6 Å². The number of thioether (sulfide) groups is 1. The molecule has 0 aliphatic heterocycles. The molecule has 1 atom stereocenters. The minimum Gasteiger partial charge on any atom is -0.326 e. The molecule has 6 heteroatoms. The third kappa shape index (κ3) is 5.76. The lowest BCUT2D eigenvalue weighted by molar-refractivity contribution is -0.115. The average Bonchev–Trinajstić information content (AvgIpc) is 2.56.